The van der Waals surface area contributed by atoms with Crippen LogP contribution in [0.2, 0.25) is 0 Å². The van der Waals surface area contributed by atoms with Gasteiger partial charge in [-0.05, 0) is 6.42 Å². The van der Waals surface area contributed by atoms with Crippen molar-refractivity contribution < 1.29 is 4.79 Å². The summed E-state index contributed by atoms with van der Waals surface area (Å²) < 4.78 is 0. The molecule has 0 saturated carbocycles. The third-order valence-electron chi connectivity index (χ3n) is 0.905. The molecule has 0 saturated heterocycles. The molecule has 0 aliphatic carbocycles. The molecule has 0 aromatic heterocycles. The number of amides is 1. The van der Waals surface area contributed by atoms with Crippen LogP contribution in [0.4, 0.5) is 0 Å². The van der Waals surface area contributed by atoms with Crippen molar-refractivity contribution >= 4 is 5.91 Å². The van der Waals surface area contributed by atoms with E-state index in [9.17, 15) is 4.79 Å². The van der Waals surface area contributed by atoms with Crippen molar-refractivity contribution in [3.05, 3.63) is 24.3 Å². The average molecular weight is 136 g/mol. The predicted octanol–water partition coefficient (Wildman–Crippen LogP) is 0.498. The molecule has 0 radical (unpaired) electrons. The Hall–Kier alpha value is -1.56. The maximum absolute atomic E-state index is 10.3. The van der Waals surface area contributed by atoms with Gasteiger partial charge in [0.2, 0.25) is 5.91 Å². The number of hydrogen-bond donors (Lipinski definition) is 1. The van der Waals surface area contributed by atoms with Crippen LogP contribution in [-0.4, -0.2) is 5.91 Å². The zero-order valence-electron chi connectivity index (χ0n) is 5.50. The zero-order valence-corrected chi connectivity index (χ0v) is 5.50. The van der Waals surface area contributed by atoms with Crippen LogP contribution in [0.25, 0.3) is 0 Å². The van der Waals surface area contributed by atoms with Crippen LogP contribution in [0.3, 0.4) is 0 Å². The highest BCUT2D eigenvalue weighted by molar-refractivity contribution is 5.91. The molecule has 0 spiro atoms. The Morgan fingerprint density at radius 3 is 2.80 bits per heavy atom. The second kappa shape index (κ2) is 4.33. The SMILES string of the molecule is C=C(CC=CC#N)C(N)=O. The van der Waals surface area contributed by atoms with E-state index in [-0.39, 0.29) is 0 Å². The van der Waals surface area contributed by atoms with Gasteiger partial charge >= 0.3 is 0 Å². The predicted molar refractivity (Wildman–Crippen MR) is 37.7 cm³/mol. The number of nitriles is 1. The molecule has 3 heteroatoms. The summed E-state index contributed by atoms with van der Waals surface area (Å²) >= 11 is 0. The second-order valence-electron chi connectivity index (χ2n) is 1.70. The molecule has 3 nitrogen and oxygen atoms in total. The molecule has 10 heavy (non-hydrogen) atoms. The lowest BCUT2D eigenvalue weighted by atomic mass is 10.2. The average Bonchev–Trinajstić information content (AvgIpc) is 1.88. The lowest BCUT2D eigenvalue weighted by Crippen LogP contribution is -2.12. The van der Waals surface area contributed by atoms with Gasteiger partial charge in [0.05, 0.1) is 6.07 Å². The molecular formula is C7H8N2O. The van der Waals surface area contributed by atoms with Crippen molar-refractivity contribution in [3.63, 3.8) is 0 Å². The van der Waals surface area contributed by atoms with Crippen LogP contribution >= 0.6 is 0 Å². The van der Waals surface area contributed by atoms with Crippen LogP contribution in [0.15, 0.2) is 24.3 Å². The van der Waals surface area contributed by atoms with E-state index in [4.69, 9.17) is 11.0 Å². The van der Waals surface area contributed by atoms with Gasteiger partial charge in [-0.25, -0.2) is 0 Å². The third-order valence-corrected chi connectivity index (χ3v) is 0.905. The second-order valence-corrected chi connectivity index (χ2v) is 1.70. The Morgan fingerprint density at radius 1 is 1.80 bits per heavy atom. The molecule has 0 heterocycles. The lowest BCUT2D eigenvalue weighted by Gasteiger charge is -1.91. The number of nitrogens with zero attached hydrogens (tertiary/aromatic N) is 1. The summed E-state index contributed by atoms with van der Waals surface area (Å²) in [7, 11) is 0. The monoisotopic (exact) mass is 136 g/mol. The molecule has 0 aliphatic heterocycles. The number of carbonyl (C=O) groups excluding carboxylic acids is 1. The van der Waals surface area contributed by atoms with E-state index in [1.54, 1.807) is 6.07 Å². The molecule has 0 aromatic rings. The highest BCUT2D eigenvalue weighted by Gasteiger charge is 1.95. The normalized spacial score (nSPS) is 9.10. The van der Waals surface area contributed by atoms with Crippen molar-refractivity contribution in [3.8, 4) is 6.07 Å². The first kappa shape index (κ1) is 8.44. The van der Waals surface area contributed by atoms with Crippen molar-refractivity contribution in [1.29, 1.82) is 5.26 Å². The molecule has 0 atom stereocenters. The molecular weight excluding hydrogens is 128 g/mol. The van der Waals surface area contributed by atoms with Crippen LogP contribution in [0.1, 0.15) is 6.42 Å². The summed E-state index contributed by atoms with van der Waals surface area (Å²) in [5.74, 6) is -0.525. The first-order chi connectivity index (χ1) is 4.68. The molecule has 0 unspecified atom stereocenters. The maximum atomic E-state index is 10.3. The minimum absolute atomic E-state index is 0.312. The number of allylic oxidation sites excluding steroid dienone is 2. The Morgan fingerprint density at radius 2 is 2.40 bits per heavy atom. The van der Waals surface area contributed by atoms with E-state index >= 15 is 0 Å². The number of nitrogens with two attached hydrogens (primary N) is 1. The van der Waals surface area contributed by atoms with Gasteiger partial charge in [-0.15, -0.1) is 0 Å². The summed E-state index contributed by atoms with van der Waals surface area (Å²) in [5, 5.41) is 8.04. The van der Waals surface area contributed by atoms with Crippen LogP contribution in [0, 0.1) is 11.3 Å². The Bertz CT molecular complexity index is 210. The summed E-state index contributed by atoms with van der Waals surface area (Å²) in [4.78, 5) is 10.3. The first-order valence-electron chi connectivity index (χ1n) is 2.70. The standard InChI is InChI=1S/C7H8N2O/c1-6(7(9)10)4-2-3-5-8/h2-3H,1,4H2,(H2,9,10). The minimum atomic E-state index is -0.525. The van der Waals surface area contributed by atoms with Crippen molar-refractivity contribution in [2.24, 2.45) is 5.73 Å². The van der Waals surface area contributed by atoms with Crippen LogP contribution < -0.4 is 5.73 Å². The highest BCUT2D eigenvalue weighted by Crippen LogP contribution is 1.96. The summed E-state index contributed by atoms with van der Waals surface area (Å²) in [5.41, 5.74) is 5.17. The fourth-order valence-corrected chi connectivity index (χ4v) is 0.354. The Labute approximate surface area is 59.4 Å². The van der Waals surface area contributed by atoms with E-state index in [1.165, 1.54) is 12.2 Å². The topological polar surface area (TPSA) is 66.9 Å². The molecule has 0 aromatic carbocycles. The van der Waals surface area contributed by atoms with Gasteiger partial charge in [0, 0.05) is 11.6 Å². The van der Waals surface area contributed by atoms with Crippen LogP contribution in [-0.2, 0) is 4.79 Å². The summed E-state index contributed by atoms with van der Waals surface area (Å²) in [6, 6.07) is 1.79. The highest BCUT2D eigenvalue weighted by atomic mass is 16.1. The molecule has 0 rings (SSSR count). The minimum Gasteiger partial charge on any atom is -0.366 e. The summed E-state index contributed by atoms with van der Waals surface area (Å²) in [6.45, 7) is 3.39. The maximum Gasteiger partial charge on any atom is 0.244 e. The van der Waals surface area contributed by atoms with Gasteiger partial charge in [-0.1, -0.05) is 12.7 Å². The van der Waals surface area contributed by atoms with Gasteiger partial charge in [0.15, 0.2) is 0 Å². The van der Waals surface area contributed by atoms with E-state index in [0.29, 0.717) is 12.0 Å². The first-order valence-corrected chi connectivity index (χ1v) is 2.70. The Balaban J connectivity index is 3.73. The molecule has 1 amide bonds. The van der Waals surface area contributed by atoms with E-state index < -0.39 is 5.91 Å². The summed E-state index contributed by atoms with van der Waals surface area (Å²) in [6.07, 6.45) is 3.17. The van der Waals surface area contributed by atoms with Crippen molar-refractivity contribution in [2.75, 3.05) is 0 Å². The lowest BCUT2D eigenvalue weighted by molar-refractivity contribution is -0.114. The van der Waals surface area contributed by atoms with Crippen LogP contribution in [0.5, 0.6) is 0 Å². The molecule has 52 valence electrons. The number of primary amides is 1. The zero-order chi connectivity index (χ0) is 7.98. The van der Waals surface area contributed by atoms with E-state index in [1.807, 2.05) is 0 Å². The smallest absolute Gasteiger partial charge is 0.244 e. The molecule has 0 bridgehead atoms. The number of carbonyl (C=O) groups is 1. The number of hydrogen-bond acceptors (Lipinski definition) is 2. The van der Waals surface area contributed by atoms with Gasteiger partial charge < -0.3 is 5.73 Å². The van der Waals surface area contributed by atoms with Crippen molar-refractivity contribution in [2.45, 2.75) is 6.42 Å². The quantitative estimate of drug-likeness (QED) is 0.453. The number of rotatable bonds is 3. The Kier molecular flexibility index (Phi) is 3.66. The largest absolute Gasteiger partial charge is 0.366 e. The third kappa shape index (κ3) is 3.44. The molecule has 2 N–H and O–H groups in total. The van der Waals surface area contributed by atoms with E-state index in [2.05, 4.69) is 6.58 Å². The van der Waals surface area contributed by atoms with E-state index in [0.717, 1.165) is 0 Å². The fraction of sp³-hybridized carbons (Fsp3) is 0.143. The van der Waals surface area contributed by atoms with Gasteiger partial charge in [0.25, 0.3) is 0 Å². The molecule has 0 aliphatic rings. The van der Waals surface area contributed by atoms with Gasteiger partial charge in [-0.2, -0.15) is 5.26 Å². The van der Waals surface area contributed by atoms with Gasteiger partial charge in [-0.3, -0.25) is 4.79 Å². The fourth-order valence-electron chi connectivity index (χ4n) is 0.354. The molecule has 0 fully saturated rings. The van der Waals surface area contributed by atoms with Crippen molar-refractivity contribution in [1.82, 2.24) is 0 Å². The van der Waals surface area contributed by atoms with Gasteiger partial charge in [0.1, 0.15) is 0 Å².